The summed E-state index contributed by atoms with van der Waals surface area (Å²) in [6.45, 7) is 4.07. The number of hydrogen-bond donors (Lipinski definition) is 1. The van der Waals surface area contributed by atoms with Gasteiger partial charge in [0.25, 0.3) is 5.56 Å². The molecule has 0 atom stereocenters. The maximum Gasteiger partial charge on any atom is 0.349 e. The highest BCUT2D eigenvalue weighted by Gasteiger charge is 2.05. The Balaban J connectivity index is 3.23. The standard InChI is InChI=1S/C9H15N3O2/c1-3-4-5-11-8(13)6-7(2)12(10)9(11)14/h6H,3-5,10H2,1-2H3. The molecular formula is C9H15N3O2. The van der Waals surface area contributed by atoms with E-state index >= 15 is 0 Å². The van der Waals surface area contributed by atoms with Crippen LogP contribution in [-0.2, 0) is 6.54 Å². The van der Waals surface area contributed by atoms with Crippen molar-refractivity contribution in [2.24, 2.45) is 0 Å². The molecule has 0 amide bonds. The van der Waals surface area contributed by atoms with E-state index in [1.165, 1.54) is 6.07 Å². The van der Waals surface area contributed by atoms with Gasteiger partial charge in [-0.25, -0.2) is 9.47 Å². The van der Waals surface area contributed by atoms with E-state index in [0.717, 1.165) is 22.1 Å². The van der Waals surface area contributed by atoms with E-state index in [1.54, 1.807) is 6.92 Å². The van der Waals surface area contributed by atoms with Crippen molar-refractivity contribution < 1.29 is 0 Å². The number of nitrogens with zero attached hydrogens (tertiary/aromatic N) is 2. The maximum atomic E-state index is 11.5. The summed E-state index contributed by atoms with van der Waals surface area (Å²) in [5.74, 6) is 5.47. The molecule has 0 aliphatic heterocycles. The molecule has 5 nitrogen and oxygen atoms in total. The number of aryl methyl sites for hydroxylation is 1. The highest BCUT2D eigenvalue weighted by atomic mass is 16.2. The molecular weight excluding hydrogens is 182 g/mol. The fourth-order valence-electron chi connectivity index (χ4n) is 1.22. The summed E-state index contributed by atoms with van der Waals surface area (Å²) in [6, 6.07) is 1.37. The van der Waals surface area contributed by atoms with Gasteiger partial charge in [-0.05, 0) is 13.3 Å². The van der Waals surface area contributed by atoms with Crippen LogP contribution in [0.1, 0.15) is 25.5 Å². The smallest absolute Gasteiger partial charge is 0.335 e. The summed E-state index contributed by atoms with van der Waals surface area (Å²) in [4.78, 5) is 22.9. The molecule has 0 unspecified atom stereocenters. The second-order valence-electron chi connectivity index (χ2n) is 3.28. The Morgan fingerprint density at radius 3 is 2.64 bits per heavy atom. The first-order chi connectivity index (χ1) is 6.57. The molecule has 0 saturated carbocycles. The third kappa shape index (κ3) is 1.86. The van der Waals surface area contributed by atoms with E-state index in [0.29, 0.717) is 12.2 Å². The largest absolute Gasteiger partial charge is 0.349 e. The van der Waals surface area contributed by atoms with Gasteiger partial charge < -0.3 is 5.84 Å². The van der Waals surface area contributed by atoms with Crippen LogP contribution in [0, 0.1) is 6.92 Å². The molecule has 0 aliphatic rings. The number of rotatable bonds is 3. The fraction of sp³-hybridized carbons (Fsp3) is 0.556. The SMILES string of the molecule is CCCCn1c(=O)cc(C)n(N)c1=O. The van der Waals surface area contributed by atoms with E-state index in [9.17, 15) is 9.59 Å². The van der Waals surface area contributed by atoms with E-state index < -0.39 is 5.69 Å². The lowest BCUT2D eigenvalue weighted by atomic mass is 10.3. The van der Waals surface area contributed by atoms with Gasteiger partial charge in [-0.2, -0.15) is 0 Å². The molecule has 0 spiro atoms. The van der Waals surface area contributed by atoms with Crippen molar-refractivity contribution in [3.05, 3.63) is 32.6 Å². The average Bonchev–Trinajstić information content (AvgIpc) is 2.14. The number of unbranched alkanes of at least 4 members (excludes halogenated alkanes) is 1. The molecule has 1 rings (SSSR count). The lowest BCUT2D eigenvalue weighted by Gasteiger charge is -2.07. The average molecular weight is 197 g/mol. The highest BCUT2D eigenvalue weighted by Crippen LogP contribution is 1.89. The van der Waals surface area contributed by atoms with Crippen LogP contribution in [0.15, 0.2) is 15.7 Å². The quantitative estimate of drug-likeness (QED) is 0.684. The molecule has 0 aliphatic carbocycles. The van der Waals surface area contributed by atoms with Crippen molar-refractivity contribution in [3.63, 3.8) is 0 Å². The normalized spacial score (nSPS) is 10.4. The number of nitrogen functional groups attached to an aromatic ring is 1. The molecule has 1 heterocycles. The van der Waals surface area contributed by atoms with Crippen LogP contribution >= 0.6 is 0 Å². The molecule has 78 valence electrons. The first kappa shape index (κ1) is 10.6. The summed E-state index contributed by atoms with van der Waals surface area (Å²) in [5.41, 5.74) is -0.237. The Hall–Kier alpha value is -1.52. The van der Waals surface area contributed by atoms with Crippen LogP contribution in [0.25, 0.3) is 0 Å². The van der Waals surface area contributed by atoms with Crippen molar-refractivity contribution in [1.29, 1.82) is 0 Å². The third-order valence-electron chi connectivity index (χ3n) is 2.15. The third-order valence-corrected chi connectivity index (χ3v) is 2.15. The topological polar surface area (TPSA) is 70.0 Å². The Bertz CT molecular complexity index is 431. The predicted octanol–water partition coefficient (Wildman–Crippen LogP) is -0.168. The highest BCUT2D eigenvalue weighted by molar-refractivity contribution is 4.99. The molecule has 14 heavy (non-hydrogen) atoms. The summed E-state index contributed by atoms with van der Waals surface area (Å²) >= 11 is 0. The summed E-state index contributed by atoms with van der Waals surface area (Å²) in [6.07, 6.45) is 1.74. The molecule has 0 fully saturated rings. The Kier molecular flexibility index (Phi) is 3.11. The zero-order valence-corrected chi connectivity index (χ0v) is 8.49. The predicted molar refractivity (Wildman–Crippen MR) is 54.8 cm³/mol. The molecule has 1 aromatic heterocycles. The summed E-state index contributed by atoms with van der Waals surface area (Å²) < 4.78 is 2.16. The van der Waals surface area contributed by atoms with Crippen molar-refractivity contribution in [2.75, 3.05) is 5.84 Å². The van der Waals surface area contributed by atoms with Crippen LogP contribution in [0.3, 0.4) is 0 Å². The van der Waals surface area contributed by atoms with Crippen LogP contribution in [0.2, 0.25) is 0 Å². The van der Waals surface area contributed by atoms with Gasteiger partial charge in [0.1, 0.15) is 0 Å². The van der Waals surface area contributed by atoms with Crippen molar-refractivity contribution in [2.45, 2.75) is 33.2 Å². The minimum Gasteiger partial charge on any atom is -0.335 e. The molecule has 1 aromatic rings. The van der Waals surface area contributed by atoms with Crippen LogP contribution in [0.5, 0.6) is 0 Å². The van der Waals surface area contributed by atoms with E-state index in [4.69, 9.17) is 5.84 Å². The van der Waals surface area contributed by atoms with Gasteiger partial charge in [-0.1, -0.05) is 13.3 Å². The molecule has 0 aromatic carbocycles. The Morgan fingerprint density at radius 2 is 2.07 bits per heavy atom. The molecule has 2 N–H and O–H groups in total. The van der Waals surface area contributed by atoms with E-state index in [2.05, 4.69) is 0 Å². The van der Waals surface area contributed by atoms with Gasteiger partial charge in [0.2, 0.25) is 0 Å². The van der Waals surface area contributed by atoms with Crippen molar-refractivity contribution in [3.8, 4) is 0 Å². The van der Waals surface area contributed by atoms with Crippen LogP contribution in [0.4, 0.5) is 0 Å². The molecule has 5 heteroatoms. The monoisotopic (exact) mass is 197 g/mol. The van der Waals surface area contributed by atoms with Gasteiger partial charge in [0.05, 0.1) is 0 Å². The maximum absolute atomic E-state index is 11.5. The number of hydrogen-bond acceptors (Lipinski definition) is 3. The van der Waals surface area contributed by atoms with Gasteiger partial charge in [-0.15, -0.1) is 0 Å². The zero-order valence-electron chi connectivity index (χ0n) is 8.49. The van der Waals surface area contributed by atoms with Gasteiger partial charge in [0.15, 0.2) is 0 Å². The molecule has 0 radical (unpaired) electrons. The number of aromatic nitrogens is 2. The van der Waals surface area contributed by atoms with E-state index in [-0.39, 0.29) is 5.56 Å². The van der Waals surface area contributed by atoms with Gasteiger partial charge in [-0.3, -0.25) is 9.36 Å². The minimum absolute atomic E-state index is 0.275. The van der Waals surface area contributed by atoms with Crippen LogP contribution < -0.4 is 17.1 Å². The van der Waals surface area contributed by atoms with Gasteiger partial charge in [0, 0.05) is 18.3 Å². The second-order valence-corrected chi connectivity index (χ2v) is 3.28. The van der Waals surface area contributed by atoms with E-state index in [1.807, 2.05) is 6.92 Å². The fourth-order valence-corrected chi connectivity index (χ4v) is 1.22. The Labute approximate surface area is 81.7 Å². The second kappa shape index (κ2) is 4.13. The first-order valence-corrected chi connectivity index (χ1v) is 4.66. The summed E-state index contributed by atoms with van der Waals surface area (Å²) in [5, 5.41) is 0. The molecule has 0 saturated heterocycles. The lowest BCUT2D eigenvalue weighted by Crippen LogP contribution is -2.43. The number of nitrogens with two attached hydrogens (primary N) is 1. The summed E-state index contributed by atoms with van der Waals surface area (Å²) in [7, 11) is 0. The Morgan fingerprint density at radius 1 is 1.43 bits per heavy atom. The minimum atomic E-state index is -0.441. The molecule has 0 bridgehead atoms. The zero-order chi connectivity index (χ0) is 10.7. The lowest BCUT2D eigenvalue weighted by molar-refractivity contribution is 0.560. The van der Waals surface area contributed by atoms with Gasteiger partial charge >= 0.3 is 5.69 Å². The first-order valence-electron chi connectivity index (χ1n) is 4.66. The van der Waals surface area contributed by atoms with Crippen molar-refractivity contribution in [1.82, 2.24) is 9.24 Å². The van der Waals surface area contributed by atoms with Crippen molar-refractivity contribution >= 4 is 0 Å². The van der Waals surface area contributed by atoms with Crippen LogP contribution in [-0.4, -0.2) is 9.24 Å².